The highest BCUT2D eigenvalue weighted by Gasteiger charge is 2.35. The van der Waals surface area contributed by atoms with Gasteiger partial charge < -0.3 is 4.74 Å². The van der Waals surface area contributed by atoms with Gasteiger partial charge >= 0.3 is 0 Å². The van der Waals surface area contributed by atoms with Gasteiger partial charge in [-0.15, -0.1) is 10.2 Å². The summed E-state index contributed by atoms with van der Waals surface area (Å²) in [6.45, 7) is 3.71. The zero-order chi connectivity index (χ0) is 22.0. The number of halogens is 1. The summed E-state index contributed by atoms with van der Waals surface area (Å²) in [6.07, 6.45) is -0.666. The largest absolute Gasteiger partial charge is 0.447 e. The number of ether oxygens (including phenoxy) is 1. The molecule has 0 saturated carbocycles. The first kappa shape index (κ1) is 20.8. The number of hydrogen-bond acceptors (Lipinski definition) is 7. The summed E-state index contributed by atoms with van der Waals surface area (Å²) in [4.78, 5) is 19.0. The highest BCUT2D eigenvalue weighted by atomic mass is 32.2. The van der Waals surface area contributed by atoms with Gasteiger partial charge in [0.15, 0.2) is 5.69 Å². The van der Waals surface area contributed by atoms with E-state index < -0.39 is 12.0 Å². The third kappa shape index (κ3) is 3.94. The number of thioether (sulfide) groups is 1. The summed E-state index contributed by atoms with van der Waals surface area (Å²) in [5.41, 5.74) is 2.22. The van der Waals surface area contributed by atoms with Crippen molar-refractivity contribution in [1.82, 2.24) is 15.2 Å². The minimum atomic E-state index is -0.873. The second-order valence-electron chi connectivity index (χ2n) is 6.66. The highest BCUT2D eigenvalue weighted by Crippen LogP contribution is 2.44. The van der Waals surface area contributed by atoms with Gasteiger partial charge in [-0.05, 0) is 36.1 Å². The SMILES string of the molecule is CCSc1nnc2c(n1)O[C@H](c1ccc(C#N)cc1)N(C(=O)CC)c1ccc(F)cc1-2. The number of carbonyl (C=O) groups excluding carboxylic acids is 1. The molecule has 1 atom stereocenters. The molecule has 0 bridgehead atoms. The molecule has 1 aliphatic heterocycles. The molecule has 9 heteroatoms. The van der Waals surface area contributed by atoms with Crippen molar-refractivity contribution >= 4 is 23.4 Å². The lowest BCUT2D eigenvalue weighted by Gasteiger charge is -2.30. The molecule has 7 nitrogen and oxygen atoms in total. The van der Waals surface area contributed by atoms with E-state index in [1.54, 1.807) is 31.2 Å². The number of nitrogens with zero attached hydrogens (tertiary/aromatic N) is 5. The fourth-order valence-corrected chi connectivity index (χ4v) is 3.81. The van der Waals surface area contributed by atoms with Gasteiger partial charge in [0.05, 0.1) is 17.3 Å². The van der Waals surface area contributed by atoms with E-state index in [2.05, 4.69) is 21.3 Å². The van der Waals surface area contributed by atoms with Gasteiger partial charge in [0.2, 0.25) is 23.2 Å². The summed E-state index contributed by atoms with van der Waals surface area (Å²) in [5, 5.41) is 17.9. The Balaban J connectivity index is 1.95. The molecule has 1 aliphatic rings. The maximum atomic E-state index is 14.2. The molecular formula is C22H18FN5O2S. The number of nitriles is 1. The highest BCUT2D eigenvalue weighted by molar-refractivity contribution is 7.99. The fourth-order valence-electron chi connectivity index (χ4n) is 3.31. The lowest BCUT2D eigenvalue weighted by atomic mass is 10.1. The maximum Gasteiger partial charge on any atom is 0.247 e. The van der Waals surface area contributed by atoms with Crippen molar-refractivity contribution in [2.24, 2.45) is 0 Å². The molecule has 0 fully saturated rings. The number of amides is 1. The second-order valence-corrected chi connectivity index (χ2v) is 7.90. The molecule has 0 radical (unpaired) electrons. The fraction of sp³-hybridized carbons (Fsp3) is 0.227. The number of fused-ring (bicyclic) bond motifs is 3. The molecule has 0 saturated heterocycles. The predicted molar refractivity (Wildman–Crippen MR) is 114 cm³/mol. The maximum absolute atomic E-state index is 14.2. The summed E-state index contributed by atoms with van der Waals surface area (Å²) < 4.78 is 20.4. The monoisotopic (exact) mass is 435 g/mol. The van der Waals surface area contributed by atoms with Crippen LogP contribution >= 0.6 is 11.8 Å². The molecule has 1 amide bonds. The molecular weight excluding hydrogens is 417 g/mol. The van der Waals surface area contributed by atoms with Crippen LogP contribution in [-0.4, -0.2) is 26.8 Å². The van der Waals surface area contributed by atoms with Crippen LogP contribution in [0.1, 0.15) is 37.6 Å². The van der Waals surface area contributed by atoms with Crippen molar-refractivity contribution in [3.63, 3.8) is 0 Å². The molecule has 0 spiro atoms. The van der Waals surface area contributed by atoms with E-state index in [4.69, 9.17) is 10.00 Å². The van der Waals surface area contributed by atoms with E-state index >= 15 is 0 Å². The van der Waals surface area contributed by atoms with Gasteiger partial charge in [-0.3, -0.25) is 9.69 Å². The third-order valence-electron chi connectivity index (χ3n) is 4.74. The quantitative estimate of drug-likeness (QED) is 0.557. The van der Waals surface area contributed by atoms with Crippen LogP contribution in [0.25, 0.3) is 11.3 Å². The Bertz CT molecular complexity index is 1180. The van der Waals surface area contributed by atoms with Crippen LogP contribution < -0.4 is 9.64 Å². The normalized spacial score (nSPS) is 14.6. The van der Waals surface area contributed by atoms with E-state index in [0.717, 1.165) is 5.75 Å². The van der Waals surface area contributed by atoms with Crippen molar-refractivity contribution < 1.29 is 13.9 Å². The Morgan fingerprint density at radius 3 is 2.68 bits per heavy atom. The standard InChI is InChI=1S/C22H18FN5O2S/c1-3-18(29)28-17-10-9-15(23)11-16(17)19-20(25-22(27-26-19)31-4-2)30-21(28)14-7-5-13(12-24)6-8-14/h5-11,21H,3-4H2,1-2H3/t21-/m1/s1. The van der Waals surface area contributed by atoms with Crippen molar-refractivity contribution in [3.8, 4) is 23.2 Å². The Morgan fingerprint density at radius 1 is 1.23 bits per heavy atom. The molecule has 2 heterocycles. The summed E-state index contributed by atoms with van der Waals surface area (Å²) in [7, 11) is 0. The van der Waals surface area contributed by atoms with E-state index in [1.807, 2.05) is 6.92 Å². The van der Waals surface area contributed by atoms with Gasteiger partial charge in [-0.2, -0.15) is 10.2 Å². The minimum Gasteiger partial charge on any atom is -0.447 e. The smallest absolute Gasteiger partial charge is 0.247 e. The van der Waals surface area contributed by atoms with Gasteiger partial charge in [-0.25, -0.2) is 4.39 Å². The summed E-state index contributed by atoms with van der Waals surface area (Å²) in [5.74, 6) is 0.217. The van der Waals surface area contributed by atoms with Crippen molar-refractivity contribution in [3.05, 3.63) is 59.4 Å². The van der Waals surface area contributed by atoms with Crippen LogP contribution in [0.4, 0.5) is 10.1 Å². The van der Waals surface area contributed by atoms with E-state index in [-0.39, 0.29) is 23.9 Å². The lowest BCUT2D eigenvalue weighted by molar-refractivity contribution is -0.120. The summed E-state index contributed by atoms with van der Waals surface area (Å²) in [6, 6.07) is 13.0. The number of anilines is 1. The van der Waals surface area contributed by atoms with Crippen LogP contribution in [0, 0.1) is 17.1 Å². The molecule has 3 aromatic rings. The van der Waals surface area contributed by atoms with Crippen molar-refractivity contribution in [1.29, 1.82) is 5.26 Å². The van der Waals surface area contributed by atoms with Crippen LogP contribution in [0.5, 0.6) is 5.88 Å². The van der Waals surface area contributed by atoms with Crippen molar-refractivity contribution in [2.75, 3.05) is 10.7 Å². The van der Waals surface area contributed by atoms with E-state index in [0.29, 0.717) is 27.5 Å². The molecule has 156 valence electrons. The zero-order valence-electron chi connectivity index (χ0n) is 16.9. The number of carbonyl (C=O) groups is 1. The predicted octanol–water partition coefficient (Wildman–Crippen LogP) is 4.50. The van der Waals surface area contributed by atoms with Gasteiger partial charge in [0.25, 0.3) is 0 Å². The Labute approximate surface area is 182 Å². The van der Waals surface area contributed by atoms with E-state index in [1.165, 1.54) is 34.9 Å². The Hall–Kier alpha value is -3.51. The van der Waals surface area contributed by atoms with Crippen LogP contribution in [0.3, 0.4) is 0 Å². The number of rotatable bonds is 4. The molecule has 0 unspecified atom stereocenters. The Kier molecular flexibility index (Phi) is 5.82. The Morgan fingerprint density at radius 2 is 2.00 bits per heavy atom. The van der Waals surface area contributed by atoms with E-state index in [9.17, 15) is 9.18 Å². The first-order valence-electron chi connectivity index (χ1n) is 9.72. The third-order valence-corrected chi connectivity index (χ3v) is 5.46. The number of hydrogen-bond donors (Lipinski definition) is 0. The molecule has 2 aromatic carbocycles. The molecule has 4 rings (SSSR count). The minimum absolute atomic E-state index is 0.165. The van der Waals surface area contributed by atoms with Gasteiger partial charge in [-0.1, -0.05) is 37.7 Å². The van der Waals surface area contributed by atoms with Crippen molar-refractivity contribution in [2.45, 2.75) is 31.7 Å². The second kappa shape index (κ2) is 8.70. The molecule has 0 N–H and O–H groups in total. The first-order valence-corrected chi connectivity index (χ1v) is 10.7. The number of aromatic nitrogens is 3. The van der Waals surface area contributed by atoms with Crippen LogP contribution in [-0.2, 0) is 4.79 Å². The van der Waals surface area contributed by atoms with Crippen LogP contribution in [0.15, 0.2) is 47.6 Å². The molecule has 0 aliphatic carbocycles. The zero-order valence-corrected chi connectivity index (χ0v) is 17.7. The van der Waals surface area contributed by atoms with Gasteiger partial charge in [0.1, 0.15) is 5.82 Å². The first-order chi connectivity index (χ1) is 15.0. The number of benzene rings is 2. The summed E-state index contributed by atoms with van der Waals surface area (Å²) >= 11 is 1.40. The van der Waals surface area contributed by atoms with Crippen LogP contribution in [0.2, 0.25) is 0 Å². The van der Waals surface area contributed by atoms with Gasteiger partial charge in [0, 0.05) is 17.5 Å². The average Bonchev–Trinajstić information content (AvgIpc) is 2.93. The topological polar surface area (TPSA) is 92.0 Å². The molecule has 1 aromatic heterocycles. The average molecular weight is 435 g/mol. The molecule has 31 heavy (non-hydrogen) atoms. The lowest BCUT2D eigenvalue weighted by Crippen LogP contribution is -2.37.